The highest BCUT2D eigenvalue weighted by atomic mass is 16.3. The smallest absolute Gasteiger partial charge is 0.143 e. The van der Waals surface area contributed by atoms with E-state index in [4.69, 9.17) is 4.42 Å². The average Bonchev–Trinajstić information content (AvgIpc) is 3.59. The Bertz CT molecular complexity index is 2660. The van der Waals surface area contributed by atoms with Crippen LogP contribution in [0.3, 0.4) is 0 Å². The minimum Gasteiger partial charge on any atom is -0.455 e. The zero-order valence-corrected chi connectivity index (χ0v) is 25.8. The molecule has 46 heavy (non-hydrogen) atoms. The molecule has 0 amide bonds. The first-order chi connectivity index (χ1) is 22.6. The maximum atomic E-state index is 6.87. The van der Waals surface area contributed by atoms with Gasteiger partial charge in [0.05, 0.1) is 0 Å². The van der Waals surface area contributed by atoms with Gasteiger partial charge in [-0.2, -0.15) is 0 Å². The minimum absolute atomic E-state index is 0.0776. The maximum absolute atomic E-state index is 6.87. The fourth-order valence-corrected chi connectivity index (χ4v) is 8.43. The molecule has 1 nitrogen and oxygen atoms in total. The molecule has 1 aliphatic carbocycles. The fourth-order valence-electron chi connectivity index (χ4n) is 8.43. The minimum atomic E-state index is -0.0776. The van der Waals surface area contributed by atoms with E-state index in [1.54, 1.807) is 0 Å². The van der Waals surface area contributed by atoms with Crippen molar-refractivity contribution in [1.29, 1.82) is 0 Å². The molecule has 10 rings (SSSR count). The van der Waals surface area contributed by atoms with E-state index in [0.717, 1.165) is 11.2 Å². The van der Waals surface area contributed by atoms with Crippen LogP contribution in [0.2, 0.25) is 0 Å². The second-order valence-corrected chi connectivity index (χ2v) is 13.2. The quantitative estimate of drug-likeness (QED) is 0.184. The van der Waals surface area contributed by atoms with E-state index in [0.29, 0.717) is 0 Å². The molecule has 0 saturated carbocycles. The number of hydrogen-bond acceptors (Lipinski definition) is 1. The Kier molecular flexibility index (Phi) is 5.12. The lowest BCUT2D eigenvalue weighted by Gasteiger charge is -2.21. The summed E-state index contributed by atoms with van der Waals surface area (Å²) in [7, 11) is 0. The van der Waals surface area contributed by atoms with Crippen LogP contribution in [0.15, 0.2) is 150 Å². The van der Waals surface area contributed by atoms with Crippen molar-refractivity contribution in [2.45, 2.75) is 19.3 Å². The van der Waals surface area contributed by atoms with Crippen molar-refractivity contribution in [3.63, 3.8) is 0 Å². The summed E-state index contributed by atoms with van der Waals surface area (Å²) in [6, 6.07) is 53.3. The van der Waals surface area contributed by atoms with Gasteiger partial charge >= 0.3 is 0 Å². The van der Waals surface area contributed by atoms with Crippen molar-refractivity contribution in [1.82, 2.24) is 0 Å². The third-order valence-electron chi connectivity index (χ3n) is 10.5. The highest BCUT2D eigenvalue weighted by Crippen LogP contribution is 2.54. The lowest BCUT2D eigenvalue weighted by molar-refractivity contribution is 0.653. The van der Waals surface area contributed by atoms with Crippen molar-refractivity contribution in [3.8, 4) is 33.4 Å². The standard InChI is InChI=1S/C45H30O/c1-45(2)37-23-10-9-20-34(37)43-38(45)26-25-36-42-35(22-12-24-39(42)46-44(36)43)41-32-18-7-5-16-30(32)40(31-17-6-8-19-33(31)41)29-21-11-14-27-13-3-4-15-28(27)29/h3-26H,1-2H3. The van der Waals surface area contributed by atoms with Crippen molar-refractivity contribution >= 4 is 54.3 Å². The SMILES string of the molecule is CC1(C)c2ccccc2-c2c1ccc1c2oc2cccc(-c3c4ccccc4c(-c4cccc5ccccc45)c4ccccc34)c21. The van der Waals surface area contributed by atoms with Crippen LogP contribution >= 0.6 is 0 Å². The number of benzene rings is 8. The van der Waals surface area contributed by atoms with Gasteiger partial charge in [0.1, 0.15) is 11.2 Å². The van der Waals surface area contributed by atoms with Crippen molar-refractivity contribution in [2.24, 2.45) is 0 Å². The Balaban J connectivity index is 1.34. The molecular weight excluding hydrogens is 556 g/mol. The Morgan fingerprint density at radius 3 is 1.67 bits per heavy atom. The predicted molar refractivity (Wildman–Crippen MR) is 195 cm³/mol. The highest BCUT2D eigenvalue weighted by Gasteiger charge is 2.37. The van der Waals surface area contributed by atoms with Crippen LogP contribution in [0, 0.1) is 0 Å². The van der Waals surface area contributed by atoms with Crippen molar-refractivity contribution in [2.75, 3.05) is 0 Å². The topological polar surface area (TPSA) is 13.1 Å². The van der Waals surface area contributed by atoms with E-state index in [-0.39, 0.29) is 5.41 Å². The third kappa shape index (κ3) is 3.30. The molecule has 9 aromatic rings. The average molecular weight is 587 g/mol. The molecule has 8 aromatic carbocycles. The molecule has 0 atom stereocenters. The zero-order valence-electron chi connectivity index (χ0n) is 25.8. The summed E-state index contributed by atoms with van der Waals surface area (Å²) in [6.07, 6.45) is 0. The molecule has 216 valence electrons. The van der Waals surface area contributed by atoms with Gasteiger partial charge in [0.2, 0.25) is 0 Å². The lowest BCUT2D eigenvalue weighted by Crippen LogP contribution is -2.14. The molecule has 0 spiro atoms. The van der Waals surface area contributed by atoms with Crippen LogP contribution in [0.1, 0.15) is 25.0 Å². The monoisotopic (exact) mass is 586 g/mol. The van der Waals surface area contributed by atoms with E-state index in [1.807, 2.05) is 0 Å². The molecule has 0 N–H and O–H groups in total. The Morgan fingerprint density at radius 2 is 0.935 bits per heavy atom. The zero-order chi connectivity index (χ0) is 30.6. The van der Waals surface area contributed by atoms with Gasteiger partial charge in [-0.15, -0.1) is 0 Å². The van der Waals surface area contributed by atoms with Gasteiger partial charge in [-0.05, 0) is 77.3 Å². The normalized spacial score (nSPS) is 13.6. The van der Waals surface area contributed by atoms with Gasteiger partial charge in [-0.25, -0.2) is 0 Å². The summed E-state index contributed by atoms with van der Waals surface area (Å²) >= 11 is 0. The van der Waals surface area contributed by atoms with Crippen LogP contribution < -0.4 is 0 Å². The number of fused-ring (bicyclic) bond motifs is 10. The molecule has 1 aliphatic rings. The Hall–Kier alpha value is -5.66. The van der Waals surface area contributed by atoms with Gasteiger partial charge in [0, 0.05) is 21.8 Å². The van der Waals surface area contributed by atoms with E-state index in [1.165, 1.54) is 87.6 Å². The Morgan fingerprint density at radius 1 is 0.391 bits per heavy atom. The van der Waals surface area contributed by atoms with Crippen LogP contribution in [0.4, 0.5) is 0 Å². The molecule has 0 unspecified atom stereocenters. The van der Waals surface area contributed by atoms with E-state index in [2.05, 4.69) is 159 Å². The number of furan rings is 1. The summed E-state index contributed by atoms with van der Waals surface area (Å²) in [5.41, 5.74) is 12.1. The van der Waals surface area contributed by atoms with Gasteiger partial charge < -0.3 is 4.42 Å². The summed E-state index contributed by atoms with van der Waals surface area (Å²) < 4.78 is 6.87. The summed E-state index contributed by atoms with van der Waals surface area (Å²) in [4.78, 5) is 0. The van der Waals surface area contributed by atoms with Crippen LogP contribution in [0.5, 0.6) is 0 Å². The molecular formula is C45H30O. The van der Waals surface area contributed by atoms with Gasteiger partial charge in [-0.1, -0.05) is 153 Å². The maximum Gasteiger partial charge on any atom is 0.143 e. The second kappa shape index (κ2) is 9.19. The summed E-state index contributed by atoms with van der Waals surface area (Å²) in [5, 5.41) is 9.89. The van der Waals surface area contributed by atoms with Gasteiger partial charge in [0.25, 0.3) is 0 Å². The molecule has 0 radical (unpaired) electrons. The summed E-state index contributed by atoms with van der Waals surface area (Å²) in [6.45, 7) is 4.65. The van der Waals surface area contributed by atoms with Gasteiger partial charge in [-0.3, -0.25) is 0 Å². The molecule has 1 heterocycles. The van der Waals surface area contributed by atoms with E-state index in [9.17, 15) is 0 Å². The third-order valence-corrected chi connectivity index (χ3v) is 10.5. The van der Waals surface area contributed by atoms with Crippen molar-refractivity contribution in [3.05, 3.63) is 157 Å². The first kappa shape index (κ1) is 25.6. The van der Waals surface area contributed by atoms with Crippen molar-refractivity contribution < 1.29 is 4.42 Å². The van der Waals surface area contributed by atoms with Crippen LogP contribution in [-0.4, -0.2) is 0 Å². The molecule has 1 aromatic heterocycles. The lowest BCUT2D eigenvalue weighted by atomic mass is 9.82. The molecule has 0 bridgehead atoms. The number of rotatable bonds is 2. The van der Waals surface area contributed by atoms with E-state index < -0.39 is 0 Å². The summed E-state index contributed by atoms with van der Waals surface area (Å²) in [5.74, 6) is 0. The molecule has 0 fully saturated rings. The first-order valence-corrected chi connectivity index (χ1v) is 16.1. The van der Waals surface area contributed by atoms with Crippen LogP contribution in [0.25, 0.3) is 87.6 Å². The molecule has 0 aliphatic heterocycles. The number of hydrogen-bond donors (Lipinski definition) is 0. The van der Waals surface area contributed by atoms with Crippen LogP contribution in [-0.2, 0) is 5.41 Å². The Labute approximate surface area is 267 Å². The second-order valence-electron chi connectivity index (χ2n) is 13.2. The molecule has 1 heteroatoms. The van der Waals surface area contributed by atoms with E-state index >= 15 is 0 Å². The fraction of sp³-hybridized carbons (Fsp3) is 0.0667. The molecule has 0 saturated heterocycles. The van der Waals surface area contributed by atoms with Gasteiger partial charge in [0.15, 0.2) is 0 Å². The highest BCUT2D eigenvalue weighted by molar-refractivity contribution is 6.27. The largest absolute Gasteiger partial charge is 0.455 e. The predicted octanol–water partition coefficient (Wildman–Crippen LogP) is 12.7. The first-order valence-electron chi connectivity index (χ1n) is 16.1.